The number of hydrogen-bond acceptors (Lipinski definition) is 7. The minimum atomic E-state index is -1.18. The SMILES string of the molecule is Cc1cc(OCC2C[C@](C)(O)[C@](C)(O)C2)cc(C)c1-c1cc(COc2cc3c(cn2)C2C(C3)C2C(=O)OC(C)(C)C)c(F)cc1F. The van der Waals surface area contributed by atoms with E-state index in [4.69, 9.17) is 14.2 Å². The molecule has 2 N–H and O–H groups in total. The highest BCUT2D eigenvalue weighted by atomic mass is 19.1. The summed E-state index contributed by atoms with van der Waals surface area (Å²) >= 11 is 0. The fourth-order valence-electron chi connectivity index (χ4n) is 7.49. The average molecular weight is 636 g/mol. The van der Waals surface area contributed by atoms with E-state index < -0.39 is 28.4 Å². The predicted molar refractivity (Wildman–Crippen MR) is 169 cm³/mol. The summed E-state index contributed by atoms with van der Waals surface area (Å²) in [6, 6.07) is 7.85. The Bertz CT molecular complexity index is 1650. The highest BCUT2D eigenvalue weighted by molar-refractivity contribution is 5.80. The Morgan fingerprint density at radius 1 is 0.978 bits per heavy atom. The molecule has 2 saturated carbocycles. The zero-order valence-electron chi connectivity index (χ0n) is 27.5. The fraction of sp³-hybridized carbons (Fsp3) is 0.514. The van der Waals surface area contributed by atoms with Crippen LogP contribution in [0, 0.1) is 43.2 Å². The van der Waals surface area contributed by atoms with Crippen LogP contribution in [0.3, 0.4) is 0 Å². The third-order valence-electron chi connectivity index (χ3n) is 9.97. The topological polar surface area (TPSA) is 98.1 Å². The second kappa shape index (κ2) is 11.3. The summed E-state index contributed by atoms with van der Waals surface area (Å²) < 4.78 is 47.7. The monoisotopic (exact) mass is 635 g/mol. The van der Waals surface area contributed by atoms with E-state index >= 15 is 4.39 Å². The van der Waals surface area contributed by atoms with Crippen LogP contribution in [0.2, 0.25) is 0 Å². The first kappa shape index (κ1) is 32.4. The van der Waals surface area contributed by atoms with Crippen LogP contribution in [-0.2, 0) is 22.6 Å². The number of fused-ring (bicyclic) bond motifs is 3. The van der Waals surface area contributed by atoms with Crippen molar-refractivity contribution in [1.82, 2.24) is 4.98 Å². The van der Waals surface area contributed by atoms with Crippen molar-refractivity contribution in [2.45, 2.75) is 97.1 Å². The van der Waals surface area contributed by atoms with Gasteiger partial charge >= 0.3 is 5.97 Å². The van der Waals surface area contributed by atoms with Crippen molar-refractivity contribution in [3.63, 3.8) is 0 Å². The Balaban J connectivity index is 1.13. The Kier molecular flexibility index (Phi) is 7.96. The number of nitrogens with zero attached hydrogens (tertiary/aromatic N) is 1. The third kappa shape index (κ3) is 6.11. The number of carbonyl (C=O) groups excluding carboxylic acids is 1. The fourth-order valence-corrected chi connectivity index (χ4v) is 7.49. The molecule has 0 radical (unpaired) electrons. The van der Waals surface area contributed by atoms with Crippen molar-refractivity contribution < 1.29 is 38.0 Å². The van der Waals surface area contributed by atoms with Gasteiger partial charge in [0.2, 0.25) is 5.88 Å². The molecular weight excluding hydrogens is 592 g/mol. The molecule has 6 atom stereocenters. The van der Waals surface area contributed by atoms with E-state index in [0.29, 0.717) is 36.6 Å². The molecule has 0 spiro atoms. The molecule has 1 heterocycles. The zero-order valence-corrected chi connectivity index (χ0v) is 27.5. The Morgan fingerprint density at radius 2 is 1.63 bits per heavy atom. The molecule has 7 nitrogen and oxygen atoms in total. The summed E-state index contributed by atoms with van der Waals surface area (Å²) in [7, 11) is 0. The molecule has 246 valence electrons. The van der Waals surface area contributed by atoms with Crippen LogP contribution in [0.4, 0.5) is 8.78 Å². The second-order valence-electron chi connectivity index (χ2n) is 15.0. The first-order chi connectivity index (χ1) is 21.4. The number of rotatable bonds is 8. The summed E-state index contributed by atoms with van der Waals surface area (Å²) in [6.07, 6.45) is 3.33. The van der Waals surface area contributed by atoms with E-state index in [9.17, 15) is 19.4 Å². The smallest absolute Gasteiger partial charge is 0.310 e. The number of carbonyl (C=O) groups is 1. The lowest BCUT2D eigenvalue weighted by Gasteiger charge is -2.31. The molecule has 0 amide bonds. The van der Waals surface area contributed by atoms with Gasteiger partial charge in [0.15, 0.2) is 0 Å². The Morgan fingerprint density at radius 3 is 2.26 bits per heavy atom. The maximum absolute atomic E-state index is 15.2. The molecule has 6 rings (SSSR count). The molecule has 9 heteroatoms. The molecule has 3 aliphatic rings. The van der Waals surface area contributed by atoms with Gasteiger partial charge in [0.1, 0.15) is 29.6 Å². The van der Waals surface area contributed by atoms with Crippen LogP contribution < -0.4 is 9.47 Å². The normalized spacial score (nSPS) is 28.1. The van der Waals surface area contributed by atoms with Crippen LogP contribution in [0.1, 0.15) is 81.2 Å². The van der Waals surface area contributed by atoms with E-state index in [1.54, 1.807) is 20.0 Å². The lowest BCUT2D eigenvalue weighted by molar-refractivity contribution is -0.157. The van der Waals surface area contributed by atoms with Crippen molar-refractivity contribution in [3.05, 3.63) is 76.0 Å². The molecule has 1 aromatic heterocycles. The van der Waals surface area contributed by atoms with Gasteiger partial charge < -0.3 is 24.4 Å². The highest BCUT2D eigenvalue weighted by Gasteiger charge is 2.61. The summed E-state index contributed by atoms with van der Waals surface area (Å²) in [5.74, 6) is -0.428. The quantitative estimate of drug-likeness (QED) is 0.265. The number of ether oxygens (including phenoxy) is 3. The molecule has 46 heavy (non-hydrogen) atoms. The number of hydrogen-bond donors (Lipinski definition) is 2. The maximum atomic E-state index is 15.2. The second-order valence-corrected chi connectivity index (χ2v) is 15.0. The van der Waals surface area contributed by atoms with E-state index in [-0.39, 0.29) is 47.4 Å². The van der Waals surface area contributed by atoms with Crippen LogP contribution in [0.25, 0.3) is 11.1 Å². The predicted octanol–water partition coefficient (Wildman–Crippen LogP) is 6.74. The molecule has 0 aliphatic heterocycles. The molecule has 2 fully saturated rings. The van der Waals surface area contributed by atoms with Crippen molar-refractivity contribution >= 4 is 5.97 Å². The molecule has 4 unspecified atom stereocenters. The van der Waals surface area contributed by atoms with E-state index in [2.05, 4.69) is 4.98 Å². The number of aromatic nitrogens is 1. The van der Waals surface area contributed by atoms with Crippen molar-refractivity contribution in [1.29, 1.82) is 0 Å². The van der Waals surface area contributed by atoms with Crippen molar-refractivity contribution in [2.24, 2.45) is 17.8 Å². The minimum absolute atomic E-state index is 0.0117. The summed E-state index contributed by atoms with van der Waals surface area (Å²) in [6.45, 7) is 12.8. The minimum Gasteiger partial charge on any atom is -0.493 e. The van der Waals surface area contributed by atoms with E-state index in [0.717, 1.165) is 34.7 Å². The van der Waals surface area contributed by atoms with Gasteiger partial charge in [-0.3, -0.25) is 4.79 Å². The van der Waals surface area contributed by atoms with Gasteiger partial charge in [0.25, 0.3) is 0 Å². The first-order valence-electron chi connectivity index (χ1n) is 16.0. The number of aliphatic hydroxyl groups is 2. The Hall–Kier alpha value is -3.56. The maximum Gasteiger partial charge on any atom is 0.310 e. The lowest BCUT2D eigenvalue weighted by Crippen LogP contribution is -2.44. The lowest BCUT2D eigenvalue weighted by atomic mass is 9.90. The van der Waals surface area contributed by atoms with Crippen molar-refractivity contribution in [3.8, 4) is 22.8 Å². The molecule has 3 aromatic rings. The van der Waals surface area contributed by atoms with Gasteiger partial charge in [-0.1, -0.05) is 0 Å². The summed E-state index contributed by atoms with van der Waals surface area (Å²) in [5.41, 5.74) is 1.85. The molecule has 3 aliphatic carbocycles. The standard InChI is InChI=1S/C37H43F2NO6/c1-19-8-24(44-17-21-14-36(6,42)37(7,43)15-21)9-20(2)31(19)25-11-23(28(38)13-29(25)39)18-45-30-12-22-10-26-32(27(22)16-40-30)33(26)34(41)46-35(3,4)5/h8-9,11-13,16,21,26,32-33,42-43H,10,14-15,17-18H2,1-7H3/t21?,26?,32?,33?,36-,37+. The average Bonchev–Trinajstić information content (AvgIpc) is 3.44. The van der Waals surface area contributed by atoms with Gasteiger partial charge in [-0.15, -0.1) is 0 Å². The van der Waals surface area contributed by atoms with E-state index in [1.807, 2.05) is 52.8 Å². The highest BCUT2D eigenvalue weighted by Crippen LogP contribution is 2.62. The van der Waals surface area contributed by atoms with Gasteiger partial charge in [0.05, 0.1) is 23.7 Å². The molecule has 2 aromatic carbocycles. The first-order valence-corrected chi connectivity index (χ1v) is 16.0. The zero-order chi connectivity index (χ0) is 33.3. The Labute approximate surface area is 268 Å². The molecular formula is C37H43F2NO6. The molecule has 0 bridgehead atoms. The van der Waals surface area contributed by atoms with Gasteiger partial charge in [-0.25, -0.2) is 13.8 Å². The van der Waals surface area contributed by atoms with Crippen LogP contribution in [-0.4, -0.2) is 44.6 Å². The number of halogens is 2. The van der Waals surface area contributed by atoms with Gasteiger partial charge in [-0.05, 0) is 126 Å². The third-order valence-corrected chi connectivity index (χ3v) is 9.97. The molecule has 0 saturated heterocycles. The van der Waals surface area contributed by atoms with Crippen molar-refractivity contribution in [2.75, 3.05) is 6.61 Å². The number of pyridine rings is 1. The largest absolute Gasteiger partial charge is 0.493 e. The number of esters is 1. The van der Waals surface area contributed by atoms with Crippen LogP contribution in [0.5, 0.6) is 11.6 Å². The van der Waals surface area contributed by atoms with Crippen LogP contribution in [0.15, 0.2) is 36.5 Å². The van der Waals surface area contributed by atoms with Gasteiger partial charge in [0, 0.05) is 35.4 Å². The summed E-state index contributed by atoms with van der Waals surface area (Å²) in [4.78, 5) is 17.0. The number of benzene rings is 2. The van der Waals surface area contributed by atoms with E-state index in [1.165, 1.54) is 6.07 Å². The summed E-state index contributed by atoms with van der Waals surface area (Å²) in [5, 5.41) is 21.0. The van der Waals surface area contributed by atoms with Gasteiger partial charge in [-0.2, -0.15) is 0 Å². The van der Waals surface area contributed by atoms with Crippen LogP contribution >= 0.6 is 0 Å². The number of aryl methyl sites for hydroxylation is 2.